The minimum atomic E-state index is 0.193. The van der Waals surface area contributed by atoms with Gasteiger partial charge >= 0.3 is 0 Å². The third kappa shape index (κ3) is 3.60. The van der Waals surface area contributed by atoms with Gasteiger partial charge in [-0.25, -0.2) is 0 Å². The van der Waals surface area contributed by atoms with E-state index < -0.39 is 0 Å². The number of amides is 1. The van der Waals surface area contributed by atoms with Crippen LogP contribution >= 0.6 is 0 Å². The van der Waals surface area contributed by atoms with Gasteiger partial charge in [0.05, 0.1) is 25.3 Å². The maximum absolute atomic E-state index is 12.5. The Kier molecular flexibility index (Phi) is 5.46. The van der Waals surface area contributed by atoms with Crippen molar-refractivity contribution < 1.29 is 14.3 Å². The van der Waals surface area contributed by atoms with Crippen molar-refractivity contribution >= 4 is 5.91 Å². The Hall–Kier alpha value is -1.59. The molecule has 2 aliphatic heterocycles. The maximum atomic E-state index is 12.5. The van der Waals surface area contributed by atoms with E-state index in [1.54, 1.807) is 7.11 Å². The van der Waals surface area contributed by atoms with Crippen LogP contribution in [-0.2, 0) is 16.0 Å². The minimum absolute atomic E-state index is 0.193. The lowest BCUT2D eigenvalue weighted by atomic mass is 9.70. The maximum Gasteiger partial charge on any atom is 0.220 e. The van der Waals surface area contributed by atoms with Gasteiger partial charge in [-0.05, 0) is 62.9 Å². The fourth-order valence-electron chi connectivity index (χ4n) is 4.85. The summed E-state index contributed by atoms with van der Waals surface area (Å²) >= 11 is 0. The Bertz CT molecular complexity index is 607. The van der Waals surface area contributed by atoms with E-state index >= 15 is 0 Å². The largest absolute Gasteiger partial charge is 0.497 e. The molecule has 2 saturated heterocycles. The molecule has 2 heterocycles. The zero-order chi connectivity index (χ0) is 17.9. The molecule has 26 heavy (non-hydrogen) atoms. The molecular formula is C21H30N2O3. The molecule has 3 aliphatic rings. The number of rotatable bonds is 7. The smallest absolute Gasteiger partial charge is 0.220 e. The predicted octanol–water partition coefficient (Wildman–Crippen LogP) is 2.39. The van der Waals surface area contributed by atoms with Gasteiger partial charge in [0.25, 0.3) is 0 Å². The van der Waals surface area contributed by atoms with Crippen molar-refractivity contribution in [3.63, 3.8) is 0 Å². The van der Waals surface area contributed by atoms with E-state index in [4.69, 9.17) is 9.47 Å². The van der Waals surface area contributed by atoms with Gasteiger partial charge in [0.15, 0.2) is 0 Å². The van der Waals surface area contributed by atoms with Gasteiger partial charge in [0.1, 0.15) is 5.75 Å². The van der Waals surface area contributed by atoms with Crippen molar-refractivity contribution in [1.29, 1.82) is 0 Å². The van der Waals surface area contributed by atoms with Gasteiger partial charge in [0, 0.05) is 18.9 Å². The highest BCUT2D eigenvalue weighted by Gasteiger charge is 2.56. The Morgan fingerprint density at radius 2 is 2.04 bits per heavy atom. The first-order valence-corrected chi connectivity index (χ1v) is 10.0. The highest BCUT2D eigenvalue weighted by atomic mass is 16.5. The third-order valence-corrected chi connectivity index (χ3v) is 6.27. The van der Waals surface area contributed by atoms with Crippen LogP contribution in [0, 0.1) is 5.92 Å². The van der Waals surface area contributed by atoms with Gasteiger partial charge in [-0.1, -0.05) is 12.1 Å². The molecule has 5 nitrogen and oxygen atoms in total. The minimum Gasteiger partial charge on any atom is -0.497 e. The van der Waals surface area contributed by atoms with E-state index in [1.807, 2.05) is 12.1 Å². The molecule has 1 N–H and O–H groups in total. The molecular weight excluding hydrogens is 328 g/mol. The standard InChI is InChI=1S/C21H30N2O3/c1-25-16-9-7-15(8-10-16)5-4-6-18(24)22-19-17-11-14-26-21(17)20(19)23-12-2-3-13-23/h7-10,17,19-21H,2-6,11-14H2,1H3,(H,22,24). The van der Waals surface area contributed by atoms with Crippen molar-refractivity contribution in [1.82, 2.24) is 10.2 Å². The lowest BCUT2D eigenvalue weighted by Gasteiger charge is -2.51. The first-order valence-electron chi connectivity index (χ1n) is 10.0. The number of methoxy groups -OCH3 is 1. The number of nitrogens with zero attached hydrogens (tertiary/aromatic N) is 1. The number of fused-ring (bicyclic) bond motifs is 1. The summed E-state index contributed by atoms with van der Waals surface area (Å²) in [5.41, 5.74) is 1.25. The molecule has 5 heteroatoms. The molecule has 0 aromatic heterocycles. The van der Waals surface area contributed by atoms with Crippen LogP contribution in [0.4, 0.5) is 0 Å². The van der Waals surface area contributed by atoms with Gasteiger partial charge in [-0.3, -0.25) is 9.69 Å². The molecule has 1 amide bonds. The summed E-state index contributed by atoms with van der Waals surface area (Å²) < 4.78 is 11.1. The summed E-state index contributed by atoms with van der Waals surface area (Å²) in [6.45, 7) is 3.16. The zero-order valence-corrected chi connectivity index (χ0v) is 15.7. The highest BCUT2D eigenvalue weighted by Crippen LogP contribution is 2.42. The molecule has 1 aliphatic carbocycles. The lowest BCUT2D eigenvalue weighted by molar-refractivity contribution is -0.129. The zero-order valence-electron chi connectivity index (χ0n) is 15.7. The summed E-state index contributed by atoms with van der Waals surface area (Å²) in [5.74, 6) is 1.59. The topological polar surface area (TPSA) is 50.8 Å². The summed E-state index contributed by atoms with van der Waals surface area (Å²) in [6, 6.07) is 8.79. The monoisotopic (exact) mass is 358 g/mol. The number of carbonyl (C=O) groups excluding carboxylic acids is 1. The quantitative estimate of drug-likeness (QED) is 0.813. The second kappa shape index (κ2) is 7.97. The molecule has 4 atom stereocenters. The number of nitrogens with one attached hydrogen (secondary N) is 1. The summed E-state index contributed by atoms with van der Waals surface area (Å²) in [5, 5.41) is 3.34. The van der Waals surface area contributed by atoms with Gasteiger partial charge in [-0.2, -0.15) is 0 Å². The second-order valence-electron chi connectivity index (χ2n) is 7.82. The van der Waals surface area contributed by atoms with Crippen LogP contribution in [0.15, 0.2) is 24.3 Å². The average Bonchev–Trinajstić information content (AvgIpc) is 3.31. The first-order chi connectivity index (χ1) is 12.8. The normalized spacial score (nSPS) is 30.7. The van der Waals surface area contributed by atoms with E-state index in [0.29, 0.717) is 24.5 Å². The Morgan fingerprint density at radius 3 is 2.77 bits per heavy atom. The van der Waals surface area contributed by atoms with Gasteiger partial charge in [-0.15, -0.1) is 0 Å². The lowest BCUT2D eigenvalue weighted by Crippen LogP contribution is -2.70. The van der Waals surface area contributed by atoms with Crippen LogP contribution in [0.1, 0.15) is 37.7 Å². The Balaban J connectivity index is 1.25. The van der Waals surface area contributed by atoms with Crippen LogP contribution in [0.25, 0.3) is 0 Å². The molecule has 1 aromatic carbocycles. The van der Waals surface area contributed by atoms with Gasteiger partial charge in [0.2, 0.25) is 5.91 Å². The predicted molar refractivity (Wildman–Crippen MR) is 100 cm³/mol. The first kappa shape index (κ1) is 17.8. The Labute approximate surface area is 156 Å². The Morgan fingerprint density at radius 1 is 1.27 bits per heavy atom. The van der Waals surface area contributed by atoms with Crippen LogP contribution in [0.3, 0.4) is 0 Å². The average molecular weight is 358 g/mol. The molecule has 3 fully saturated rings. The summed E-state index contributed by atoms with van der Waals surface area (Å²) in [6.07, 6.45) is 6.38. The molecule has 0 spiro atoms. The number of ether oxygens (including phenoxy) is 2. The van der Waals surface area contributed by atoms with Crippen LogP contribution in [-0.4, -0.2) is 55.8 Å². The third-order valence-electron chi connectivity index (χ3n) is 6.27. The number of carbonyl (C=O) groups is 1. The van der Waals surface area contributed by atoms with Crippen molar-refractivity contribution in [3.8, 4) is 5.75 Å². The SMILES string of the molecule is COc1ccc(CCCC(=O)NC2C3CCOC3C2N2CCCC2)cc1. The second-order valence-corrected chi connectivity index (χ2v) is 7.82. The van der Waals surface area contributed by atoms with Crippen molar-refractivity contribution in [2.75, 3.05) is 26.8 Å². The van der Waals surface area contributed by atoms with E-state index in [9.17, 15) is 4.79 Å². The molecule has 1 aromatic rings. The fourth-order valence-corrected chi connectivity index (χ4v) is 4.85. The van der Waals surface area contributed by atoms with Crippen molar-refractivity contribution in [2.24, 2.45) is 5.92 Å². The van der Waals surface area contributed by atoms with E-state index in [0.717, 1.165) is 44.7 Å². The van der Waals surface area contributed by atoms with E-state index in [-0.39, 0.29) is 11.9 Å². The van der Waals surface area contributed by atoms with Crippen LogP contribution in [0.2, 0.25) is 0 Å². The number of likely N-dealkylation sites (tertiary alicyclic amines) is 1. The highest BCUT2D eigenvalue weighted by molar-refractivity contribution is 5.76. The molecule has 0 radical (unpaired) electrons. The van der Waals surface area contributed by atoms with Crippen molar-refractivity contribution in [3.05, 3.63) is 29.8 Å². The molecule has 142 valence electrons. The summed E-state index contributed by atoms with van der Waals surface area (Å²) in [7, 11) is 1.68. The van der Waals surface area contributed by atoms with Crippen LogP contribution in [0.5, 0.6) is 5.75 Å². The number of hydrogen-bond acceptors (Lipinski definition) is 4. The molecule has 0 bridgehead atoms. The molecule has 4 rings (SSSR count). The van der Waals surface area contributed by atoms with E-state index in [1.165, 1.54) is 18.4 Å². The van der Waals surface area contributed by atoms with Crippen LogP contribution < -0.4 is 10.1 Å². The summed E-state index contributed by atoms with van der Waals surface area (Å²) in [4.78, 5) is 15.0. The fraction of sp³-hybridized carbons (Fsp3) is 0.667. The number of hydrogen-bond donors (Lipinski definition) is 1. The number of aryl methyl sites for hydroxylation is 1. The van der Waals surface area contributed by atoms with Gasteiger partial charge < -0.3 is 14.8 Å². The molecule has 4 unspecified atom stereocenters. The molecule has 1 saturated carbocycles. The van der Waals surface area contributed by atoms with E-state index in [2.05, 4.69) is 22.3 Å². The van der Waals surface area contributed by atoms with Crippen molar-refractivity contribution in [2.45, 2.75) is 56.7 Å². The number of benzene rings is 1.